The molecule has 0 aliphatic carbocycles. The van der Waals surface area contributed by atoms with Gasteiger partial charge in [-0.1, -0.05) is 75.2 Å². The first-order valence-electron chi connectivity index (χ1n) is 9.38. The van der Waals surface area contributed by atoms with Gasteiger partial charge in [-0.2, -0.15) is 0 Å². The summed E-state index contributed by atoms with van der Waals surface area (Å²) in [6.07, 6.45) is 5.59. The minimum Gasteiger partial charge on any atom is -0.286 e. The summed E-state index contributed by atoms with van der Waals surface area (Å²) in [6, 6.07) is 18.7. The maximum absolute atomic E-state index is 12.8. The second kappa shape index (κ2) is 8.29. The first-order chi connectivity index (χ1) is 12.2. The van der Waals surface area contributed by atoms with Gasteiger partial charge in [0.15, 0.2) is 11.1 Å². The molecule has 3 atom stereocenters. The topological polar surface area (TPSA) is 26.3 Å². The highest BCUT2D eigenvalue weighted by Gasteiger charge is 2.36. The van der Waals surface area contributed by atoms with Crippen molar-refractivity contribution in [3.05, 3.63) is 65.7 Å². The van der Waals surface area contributed by atoms with E-state index in [1.165, 1.54) is 18.4 Å². The quantitative estimate of drug-likeness (QED) is 0.672. The molecule has 1 aliphatic rings. The van der Waals surface area contributed by atoms with Crippen molar-refractivity contribution in [3.63, 3.8) is 0 Å². The molecule has 1 aliphatic heterocycles. The minimum atomic E-state index is -1.39. The first-order valence-corrected chi connectivity index (χ1v) is 10.5. The predicted octanol–water partition coefficient (Wildman–Crippen LogP) is 5.85. The van der Waals surface area contributed by atoms with E-state index in [1.54, 1.807) is 0 Å². The fourth-order valence-corrected chi connectivity index (χ4v) is 4.97. The maximum atomic E-state index is 12.8. The zero-order valence-corrected chi connectivity index (χ0v) is 16.1. The van der Waals surface area contributed by atoms with Crippen LogP contribution in [0.5, 0.6) is 0 Å². The molecule has 2 nitrogen and oxygen atoms in total. The van der Waals surface area contributed by atoms with Gasteiger partial charge in [-0.15, -0.1) is 0 Å². The third kappa shape index (κ3) is 4.04. The van der Waals surface area contributed by atoms with Gasteiger partial charge in [0.05, 0.1) is 11.5 Å². The van der Waals surface area contributed by atoms with Crippen molar-refractivity contribution in [1.82, 2.24) is 0 Å². The lowest BCUT2D eigenvalue weighted by atomic mass is 9.71. The van der Waals surface area contributed by atoms with Crippen LogP contribution >= 0.6 is 0 Å². The smallest absolute Gasteiger partial charge is 0.189 e. The van der Waals surface area contributed by atoms with Gasteiger partial charge in [0.1, 0.15) is 0 Å². The molecule has 0 N–H and O–H groups in total. The summed E-state index contributed by atoms with van der Waals surface area (Å²) in [4.78, 5) is 0.830. The lowest BCUT2D eigenvalue weighted by Crippen LogP contribution is -2.32. The summed E-state index contributed by atoms with van der Waals surface area (Å²) in [5.74, 6) is 0.266. The monoisotopic (exact) mass is 356 g/mol. The van der Waals surface area contributed by atoms with E-state index < -0.39 is 11.1 Å². The Balaban J connectivity index is 2.08. The highest BCUT2D eigenvalue weighted by Crippen LogP contribution is 2.45. The predicted molar refractivity (Wildman–Crippen MR) is 104 cm³/mol. The fraction of sp³-hybridized carbons (Fsp3) is 0.455. The Morgan fingerprint density at radius 1 is 1.08 bits per heavy atom. The van der Waals surface area contributed by atoms with Crippen LogP contribution < -0.4 is 0 Å². The average Bonchev–Trinajstić information content (AvgIpc) is 2.67. The van der Waals surface area contributed by atoms with Gasteiger partial charge in [0, 0.05) is 5.92 Å². The van der Waals surface area contributed by atoms with Crippen molar-refractivity contribution in [3.8, 4) is 0 Å². The molecule has 134 valence electrons. The number of unbranched alkanes of at least 4 members (excludes halogenated alkanes) is 1. The molecule has 0 fully saturated rings. The number of hydrogen-bond donors (Lipinski definition) is 0. The summed E-state index contributed by atoms with van der Waals surface area (Å²) in [6.45, 7) is 5.06. The SMILES string of the molecule is CCCC[C@]1(CC)COS(=O)c2ccccc2[C@H](c2ccccc2)C1. The molecule has 2 aromatic rings. The molecule has 0 radical (unpaired) electrons. The van der Waals surface area contributed by atoms with Gasteiger partial charge in [-0.05, 0) is 41.9 Å². The van der Waals surface area contributed by atoms with Crippen molar-refractivity contribution in [1.29, 1.82) is 0 Å². The summed E-state index contributed by atoms with van der Waals surface area (Å²) < 4.78 is 18.7. The van der Waals surface area contributed by atoms with E-state index in [0.29, 0.717) is 6.61 Å². The summed E-state index contributed by atoms with van der Waals surface area (Å²) >= 11 is -1.39. The molecule has 1 heterocycles. The Morgan fingerprint density at radius 3 is 2.52 bits per heavy atom. The second-order valence-corrected chi connectivity index (χ2v) is 8.30. The van der Waals surface area contributed by atoms with E-state index in [0.717, 1.165) is 29.7 Å². The molecule has 1 unspecified atom stereocenters. The van der Waals surface area contributed by atoms with E-state index in [9.17, 15) is 4.21 Å². The van der Waals surface area contributed by atoms with Gasteiger partial charge in [0.2, 0.25) is 0 Å². The van der Waals surface area contributed by atoms with Crippen LogP contribution in [0.4, 0.5) is 0 Å². The van der Waals surface area contributed by atoms with E-state index >= 15 is 0 Å². The third-order valence-electron chi connectivity index (χ3n) is 5.60. The van der Waals surface area contributed by atoms with Crippen molar-refractivity contribution in [2.75, 3.05) is 6.61 Å². The average molecular weight is 357 g/mol. The molecule has 2 aromatic carbocycles. The molecular formula is C22H28O2S. The fourth-order valence-electron chi connectivity index (χ4n) is 3.90. The van der Waals surface area contributed by atoms with Crippen LogP contribution in [0.25, 0.3) is 0 Å². The van der Waals surface area contributed by atoms with E-state index in [2.05, 4.69) is 50.2 Å². The lowest BCUT2D eigenvalue weighted by molar-refractivity contribution is 0.115. The highest BCUT2D eigenvalue weighted by atomic mass is 32.2. The Kier molecular flexibility index (Phi) is 6.08. The van der Waals surface area contributed by atoms with Gasteiger partial charge >= 0.3 is 0 Å². The van der Waals surface area contributed by atoms with Crippen molar-refractivity contribution in [2.24, 2.45) is 5.41 Å². The van der Waals surface area contributed by atoms with E-state index in [1.807, 2.05) is 18.2 Å². The van der Waals surface area contributed by atoms with Gasteiger partial charge in [-0.25, -0.2) is 4.21 Å². The molecule has 0 saturated heterocycles. The number of hydrogen-bond acceptors (Lipinski definition) is 2. The van der Waals surface area contributed by atoms with Crippen molar-refractivity contribution in [2.45, 2.75) is 56.8 Å². The molecular weight excluding hydrogens is 328 g/mol. The van der Waals surface area contributed by atoms with Gasteiger partial charge < -0.3 is 0 Å². The van der Waals surface area contributed by atoms with Crippen LogP contribution in [-0.4, -0.2) is 10.8 Å². The van der Waals surface area contributed by atoms with Crippen LogP contribution in [0.2, 0.25) is 0 Å². The zero-order chi connectivity index (χ0) is 17.7. The summed E-state index contributed by atoms with van der Waals surface area (Å²) in [7, 11) is 0. The highest BCUT2D eigenvalue weighted by molar-refractivity contribution is 7.80. The molecule has 3 heteroatoms. The van der Waals surface area contributed by atoms with Crippen LogP contribution in [0.1, 0.15) is 63.0 Å². The van der Waals surface area contributed by atoms with E-state index in [-0.39, 0.29) is 11.3 Å². The Hall–Kier alpha value is -1.45. The van der Waals surface area contributed by atoms with Crippen molar-refractivity contribution < 1.29 is 8.39 Å². The lowest BCUT2D eigenvalue weighted by Gasteiger charge is -2.38. The number of rotatable bonds is 5. The van der Waals surface area contributed by atoms with Gasteiger partial charge in [-0.3, -0.25) is 4.18 Å². The molecule has 0 aromatic heterocycles. The number of benzene rings is 2. The maximum Gasteiger partial charge on any atom is 0.189 e. The standard InChI is InChI=1S/C22H28O2S/c1-3-5-15-22(4-2)16-20(18-11-7-6-8-12-18)19-13-9-10-14-21(19)25(23)24-17-22/h6-14,20H,3-5,15-17H2,1-2H3/t20-,22-,25?/m0/s1. The van der Waals surface area contributed by atoms with Gasteiger partial charge in [0.25, 0.3) is 0 Å². The summed E-state index contributed by atoms with van der Waals surface area (Å²) in [5, 5.41) is 0. The Labute approximate surface area is 154 Å². The van der Waals surface area contributed by atoms with Crippen LogP contribution in [-0.2, 0) is 15.3 Å². The van der Waals surface area contributed by atoms with Crippen LogP contribution in [0.3, 0.4) is 0 Å². The normalized spacial score (nSPS) is 26.5. The van der Waals surface area contributed by atoms with Crippen molar-refractivity contribution >= 4 is 11.1 Å². The molecule has 0 saturated carbocycles. The Bertz CT molecular complexity index is 713. The van der Waals surface area contributed by atoms with Crippen LogP contribution in [0.15, 0.2) is 59.5 Å². The second-order valence-electron chi connectivity index (χ2n) is 7.16. The molecule has 3 rings (SSSR count). The molecule has 25 heavy (non-hydrogen) atoms. The molecule has 0 bridgehead atoms. The number of fused-ring (bicyclic) bond motifs is 1. The third-order valence-corrected chi connectivity index (χ3v) is 6.66. The molecule has 0 amide bonds. The van der Waals surface area contributed by atoms with E-state index in [4.69, 9.17) is 4.18 Å². The zero-order valence-electron chi connectivity index (χ0n) is 15.2. The Morgan fingerprint density at radius 2 is 1.80 bits per heavy atom. The minimum absolute atomic E-state index is 0.0830. The summed E-state index contributed by atoms with van der Waals surface area (Å²) in [5.41, 5.74) is 2.55. The van der Waals surface area contributed by atoms with Crippen LogP contribution in [0, 0.1) is 5.41 Å². The largest absolute Gasteiger partial charge is 0.286 e. The molecule has 0 spiro atoms. The first kappa shape index (κ1) is 18.3.